The number of unbranched alkanes of at least 4 members (excludes halogenated alkanes) is 1. The van der Waals surface area contributed by atoms with Crippen LogP contribution in [0, 0.1) is 0 Å². The van der Waals surface area contributed by atoms with Crippen LogP contribution in [0.3, 0.4) is 0 Å². The van der Waals surface area contributed by atoms with Crippen molar-refractivity contribution in [2.45, 2.75) is 12.8 Å². The van der Waals surface area contributed by atoms with Gasteiger partial charge in [-0.05, 0) is 30.7 Å². The van der Waals surface area contributed by atoms with E-state index in [0.717, 1.165) is 24.9 Å². The van der Waals surface area contributed by atoms with Crippen LogP contribution in [0.2, 0.25) is 0 Å². The second kappa shape index (κ2) is 6.06. The topological polar surface area (TPSA) is 32.3 Å². The molecule has 1 aromatic rings. The van der Waals surface area contributed by atoms with Crippen molar-refractivity contribution in [3.8, 4) is 0 Å². The summed E-state index contributed by atoms with van der Waals surface area (Å²) in [7, 11) is 3.95. The molecule has 0 fully saturated rings. The molecule has 0 spiro atoms. The predicted molar refractivity (Wildman–Crippen MR) is 64.6 cm³/mol. The predicted octanol–water partition coefficient (Wildman–Crippen LogP) is 2.14. The monoisotopic (exact) mass is 206 g/mol. The highest BCUT2D eigenvalue weighted by atomic mass is 16.1. The summed E-state index contributed by atoms with van der Waals surface area (Å²) in [5.41, 5.74) is 2.29. The summed E-state index contributed by atoms with van der Waals surface area (Å²) in [6.07, 6.45) is 2.52. The van der Waals surface area contributed by atoms with Crippen molar-refractivity contribution in [3.63, 3.8) is 0 Å². The third-order valence-corrected chi connectivity index (χ3v) is 2.41. The summed E-state index contributed by atoms with van der Waals surface area (Å²) in [5.74, 6) is 0. The molecule has 0 aliphatic carbocycles. The lowest BCUT2D eigenvalue weighted by Crippen LogP contribution is -2.18. The molecule has 0 aliphatic heterocycles. The molecule has 3 heteroatoms. The van der Waals surface area contributed by atoms with E-state index in [2.05, 4.69) is 22.3 Å². The Morgan fingerprint density at radius 1 is 1.33 bits per heavy atom. The highest BCUT2D eigenvalue weighted by Gasteiger charge is 1.99. The smallest absolute Gasteiger partial charge is 0.120 e. The highest BCUT2D eigenvalue weighted by Crippen LogP contribution is 2.16. The number of hydrogen-bond acceptors (Lipinski definition) is 3. The first-order valence-corrected chi connectivity index (χ1v) is 5.20. The molecule has 0 unspecified atom stereocenters. The molecule has 0 atom stereocenters. The normalized spacial score (nSPS) is 9.73. The second-order valence-corrected chi connectivity index (χ2v) is 3.53. The fourth-order valence-corrected chi connectivity index (χ4v) is 1.42. The third-order valence-electron chi connectivity index (χ3n) is 2.41. The molecule has 0 aliphatic rings. The first-order chi connectivity index (χ1) is 7.27. The molecule has 0 aromatic heterocycles. The quantitative estimate of drug-likeness (QED) is 0.571. The maximum atomic E-state index is 10.2. The second-order valence-electron chi connectivity index (χ2n) is 3.53. The Hall–Kier alpha value is -1.51. The van der Waals surface area contributed by atoms with E-state index in [1.54, 1.807) is 0 Å². The Balaban J connectivity index is 2.50. The molecule has 0 amide bonds. The number of anilines is 2. The Labute approximate surface area is 91.1 Å². The van der Waals surface area contributed by atoms with Gasteiger partial charge >= 0.3 is 0 Å². The molecule has 3 nitrogen and oxygen atoms in total. The van der Waals surface area contributed by atoms with Crippen molar-refractivity contribution >= 4 is 17.7 Å². The van der Waals surface area contributed by atoms with Crippen molar-refractivity contribution in [2.24, 2.45) is 0 Å². The van der Waals surface area contributed by atoms with E-state index < -0.39 is 0 Å². The van der Waals surface area contributed by atoms with Crippen LogP contribution in [0.1, 0.15) is 12.8 Å². The number of benzene rings is 1. The molecular weight excluding hydrogens is 188 g/mol. The zero-order valence-electron chi connectivity index (χ0n) is 9.36. The van der Waals surface area contributed by atoms with Gasteiger partial charge in [-0.15, -0.1) is 0 Å². The molecule has 0 heterocycles. The van der Waals surface area contributed by atoms with Crippen molar-refractivity contribution in [3.05, 3.63) is 24.3 Å². The number of hydrogen-bond donors (Lipinski definition) is 1. The summed E-state index contributed by atoms with van der Waals surface area (Å²) < 4.78 is 0. The zero-order chi connectivity index (χ0) is 11.1. The third kappa shape index (κ3) is 3.62. The van der Waals surface area contributed by atoms with E-state index in [1.807, 2.05) is 26.2 Å². The lowest BCUT2D eigenvalue weighted by Gasteiger charge is -2.18. The lowest BCUT2D eigenvalue weighted by atomic mass is 10.2. The molecular formula is C12H18N2O. The molecule has 82 valence electrons. The maximum Gasteiger partial charge on any atom is 0.120 e. The zero-order valence-corrected chi connectivity index (χ0v) is 9.36. The minimum absolute atomic E-state index is 0.638. The summed E-state index contributed by atoms with van der Waals surface area (Å²) in [6.45, 7) is 0.914. The number of nitrogens with zero attached hydrogens (tertiary/aromatic N) is 1. The van der Waals surface area contributed by atoms with Gasteiger partial charge in [-0.3, -0.25) is 0 Å². The van der Waals surface area contributed by atoms with Crippen LogP contribution >= 0.6 is 0 Å². The van der Waals surface area contributed by atoms with Crippen LogP contribution in [-0.2, 0) is 4.79 Å². The van der Waals surface area contributed by atoms with Gasteiger partial charge in [0.2, 0.25) is 0 Å². The number of aldehydes is 1. The van der Waals surface area contributed by atoms with E-state index in [0.29, 0.717) is 6.42 Å². The van der Waals surface area contributed by atoms with Crippen LogP contribution in [0.4, 0.5) is 11.4 Å². The van der Waals surface area contributed by atoms with E-state index in [1.165, 1.54) is 5.69 Å². The molecule has 1 N–H and O–H groups in total. The van der Waals surface area contributed by atoms with Crippen molar-refractivity contribution in [1.29, 1.82) is 0 Å². The van der Waals surface area contributed by atoms with Crippen LogP contribution < -0.4 is 10.2 Å². The summed E-state index contributed by atoms with van der Waals surface area (Å²) >= 11 is 0. The van der Waals surface area contributed by atoms with Gasteiger partial charge in [0.25, 0.3) is 0 Å². The highest BCUT2D eigenvalue weighted by molar-refractivity contribution is 5.54. The number of rotatable bonds is 6. The number of carbonyl (C=O) groups is 1. The molecule has 0 bridgehead atoms. The number of nitrogens with one attached hydrogen (secondary N) is 1. The van der Waals surface area contributed by atoms with Gasteiger partial charge in [-0.1, -0.05) is 0 Å². The summed E-state index contributed by atoms with van der Waals surface area (Å²) in [4.78, 5) is 12.3. The van der Waals surface area contributed by atoms with E-state index in [4.69, 9.17) is 0 Å². The molecule has 0 saturated heterocycles. The minimum atomic E-state index is 0.638. The number of carbonyl (C=O) groups excluding carboxylic acids is 1. The Bertz CT molecular complexity index is 295. The summed E-state index contributed by atoms with van der Waals surface area (Å²) in [5, 5.41) is 3.08. The van der Waals surface area contributed by atoms with Crippen LogP contribution in [0.25, 0.3) is 0 Å². The molecule has 0 radical (unpaired) electrons. The average Bonchev–Trinajstić information content (AvgIpc) is 2.29. The Morgan fingerprint density at radius 2 is 2.00 bits per heavy atom. The van der Waals surface area contributed by atoms with E-state index in [-0.39, 0.29) is 0 Å². The lowest BCUT2D eigenvalue weighted by molar-refractivity contribution is -0.107. The van der Waals surface area contributed by atoms with Crippen molar-refractivity contribution < 1.29 is 4.79 Å². The molecule has 0 saturated carbocycles. The van der Waals surface area contributed by atoms with Crippen molar-refractivity contribution in [1.82, 2.24) is 0 Å². The van der Waals surface area contributed by atoms with E-state index in [9.17, 15) is 4.79 Å². The SMILES string of the molecule is CNc1ccc(N(C)CCCC=O)cc1. The van der Waals surface area contributed by atoms with Crippen LogP contribution in [-0.4, -0.2) is 26.9 Å². The molecule has 1 aromatic carbocycles. The molecule has 15 heavy (non-hydrogen) atoms. The Morgan fingerprint density at radius 3 is 2.53 bits per heavy atom. The van der Waals surface area contributed by atoms with Gasteiger partial charge in [0, 0.05) is 38.4 Å². The van der Waals surface area contributed by atoms with E-state index >= 15 is 0 Å². The minimum Gasteiger partial charge on any atom is -0.388 e. The fraction of sp³-hybridized carbons (Fsp3) is 0.417. The average molecular weight is 206 g/mol. The van der Waals surface area contributed by atoms with Crippen LogP contribution in [0.15, 0.2) is 24.3 Å². The Kier molecular flexibility index (Phi) is 4.68. The van der Waals surface area contributed by atoms with Gasteiger partial charge in [-0.25, -0.2) is 0 Å². The van der Waals surface area contributed by atoms with Gasteiger partial charge in [0.15, 0.2) is 0 Å². The van der Waals surface area contributed by atoms with Gasteiger partial charge in [0.1, 0.15) is 6.29 Å². The van der Waals surface area contributed by atoms with Crippen LogP contribution in [0.5, 0.6) is 0 Å². The van der Waals surface area contributed by atoms with Gasteiger partial charge in [0.05, 0.1) is 0 Å². The standard InChI is InChI=1S/C12H18N2O/c1-13-11-5-7-12(8-6-11)14(2)9-3-4-10-15/h5-8,10,13H,3-4,9H2,1-2H3. The largest absolute Gasteiger partial charge is 0.388 e. The first kappa shape index (κ1) is 11.6. The first-order valence-electron chi connectivity index (χ1n) is 5.20. The summed E-state index contributed by atoms with van der Waals surface area (Å²) in [6, 6.07) is 8.25. The maximum absolute atomic E-state index is 10.2. The van der Waals surface area contributed by atoms with Crippen molar-refractivity contribution in [2.75, 3.05) is 30.9 Å². The molecule has 1 rings (SSSR count). The van der Waals surface area contributed by atoms with Gasteiger partial charge < -0.3 is 15.0 Å². The fourth-order valence-electron chi connectivity index (χ4n) is 1.42. The van der Waals surface area contributed by atoms with Gasteiger partial charge in [-0.2, -0.15) is 0 Å².